The molecule has 0 aromatic carbocycles. The fraction of sp³-hybridized carbons (Fsp3) is 0.700. The Labute approximate surface area is 94.1 Å². The van der Waals surface area contributed by atoms with Gasteiger partial charge >= 0.3 is 0 Å². The maximum absolute atomic E-state index is 5.24. The zero-order valence-corrected chi connectivity index (χ0v) is 10.1. The molecule has 0 bridgehead atoms. The van der Waals surface area contributed by atoms with Crippen molar-refractivity contribution in [2.45, 2.75) is 26.3 Å². The molecule has 1 aliphatic rings. The lowest BCUT2D eigenvalue weighted by Crippen LogP contribution is -2.15. The number of hydrogen-bond acceptors (Lipinski definition) is 2. The van der Waals surface area contributed by atoms with Gasteiger partial charge in [-0.2, -0.15) is 11.8 Å². The van der Waals surface area contributed by atoms with E-state index in [1.165, 1.54) is 30.0 Å². The van der Waals surface area contributed by atoms with E-state index in [1.54, 1.807) is 0 Å². The van der Waals surface area contributed by atoms with Crippen molar-refractivity contribution in [3.63, 3.8) is 0 Å². The number of nitrogens with zero attached hydrogens (tertiary/aromatic N) is 1. The molecule has 4 heteroatoms. The Bertz CT molecular complexity index is 347. The molecule has 1 fully saturated rings. The largest absolute Gasteiger partial charge is 0.335 e. The molecular formula is C10H16N2S2. The maximum atomic E-state index is 5.24. The van der Waals surface area contributed by atoms with E-state index in [1.807, 2.05) is 0 Å². The Kier molecular flexibility index (Phi) is 3.34. The number of aromatic amines is 1. The van der Waals surface area contributed by atoms with Crippen LogP contribution in [0.15, 0.2) is 6.20 Å². The number of thioether (sulfide) groups is 1. The Hall–Kier alpha value is -0.220. The zero-order valence-electron chi connectivity index (χ0n) is 8.45. The predicted octanol–water partition coefficient (Wildman–Crippen LogP) is 3.00. The van der Waals surface area contributed by atoms with E-state index in [9.17, 15) is 0 Å². The summed E-state index contributed by atoms with van der Waals surface area (Å²) in [4.78, 5) is 3.17. The monoisotopic (exact) mass is 228 g/mol. The van der Waals surface area contributed by atoms with Crippen molar-refractivity contribution in [2.75, 3.05) is 11.5 Å². The second-order valence-electron chi connectivity index (χ2n) is 3.95. The summed E-state index contributed by atoms with van der Waals surface area (Å²) in [5.74, 6) is 3.47. The van der Waals surface area contributed by atoms with Crippen LogP contribution in [-0.4, -0.2) is 21.1 Å². The number of aromatic nitrogens is 2. The van der Waals surface area contributed by atoms with Gasteiger partial charge in [0.25, 0.3) is 0 Å². The van der Waals surface area contributed by atoms with E-state index in [0.29, 0.717) is 0 Å². The molecule has 1 aliphatic heterocycles. The first-order valence-corrected chi connectivity index (χ1v) is 6.66. The van der Waals surface area contributed by atoms with Crippen molar-refractivity contribution >= 4 is 24.0 Å². The molecule has 0 aliphatic carbocycles. The minimum atomic E-state index is 0.832. The number of nitrogens with one attached hydrogen (secondary N) is 1. The van der Waals surface area contributed by atoms with Crippen LogP contribution in [0.25, 0.3) is 0 Å². The highest BCUT2D eigenvalue weighted by Gasteiger charge is 2.14. The van der Waals surface area contributed by atoms with E-state index in [2.05, 4.69) is 34.4 Å². The summed E-state index contributed by atoms with van der Waals surface area (Å²) < 4.78 is 3.06. The summed E-state index contributed by atoms with van der Waals surface area (Å²) in [7, 11) is 0. The normalized spacial score (nSPS) is 18.6. The molecule has 0 atom stereocenters. The third-order valence-corrected chi connectivity index (χ3v) is 4.10. The highest BCUT2D eigenvalue weighted by Crippen LogP contribution is 2.24. The Balaban J connectivity index is 2.02. The van der Waals surface area contributed by atoms with Crippen LogP contribution in [0.2, 0.25) is 0 Å². The summed E-state index contributed by atoms with van der Waals surface area (Å²) in [6, 6.07) is 0. The number of rotatable bonds is 2. The molecule has 1 aromatic rings. The first-order valence-electron chi connectivity index (χ1n) is 5.09. The molecule has 0 unspecified atom stereocenters. The maximum Gasteiger partial charge on any atom is 0.177 e. The number of aryl methyl sites for hydroxylation is 1. The van der Waals surface area contributed by atoms with Gasteiger partial charge in [0, 0.05) is 18.4 Å². The predicted molar refractivity (Wildman–Crippen MR) is 64.4 cm³/mol. The molecular weight excluding hydrogens is 212 g/mol. The molecule has 0 radical (unpaired) electrons. The zero-order chi connectivity index (χ0) is 9.97. The molecule has 1 saturated heterocycles. The van der Waals surface area contributed by atoms with Crippen molar-refractivity contribution in [1.29, 1.82) is 0 Å². The first kappa shape index (κ1) is 10.3. The summed E-state index contributed by atoms with van der Waals surface area (Å²) in [6.07, 6.45) is 4.82. The Morgan fingerprint density at radius 2 is 2.29 bits per heavy atom. The van der Waals surface area contributed by atoms with Gasteiger partial charge in [-0.1, -0.05) is 0 Å². The molecule has 0 saturated carbocycles. The molecule has 2 rings (SSSR count). The van der Waals surface area contributed by atoms with Crippen LogP contribution in [0.4, 0.5) is 0 Å². The van der Waals surface area contributed by atoms with Crippen LogP contribution in [0.5, 0.6) is 0 Å². The van der Waals surface area contributed by atoms with Crippen LogP contribution in [0, 0.1) is 17.6 Å². The van der Waals surface area contributed by atoms with Crippen LogP contribution in [0.1, 0.15) is 18.5 Å². The highest BCUT2D eigenvalue weighted by molar-refractivity contribution is 7.99. The van der Waals surface area contributed by atoms with Crippen LogP contribution >= 0.6 is 24.0 Å². The van der Waals surface area contributed by atoms with Gasteiger partial charge in [-0.05, 0) is 49.4 Å². The SMILES string of the molecule is Cc1cn(CC2CCSCC2)c(=S)[nH]1. The van der Waals surface area contributed by atoms with E-state index in [-0.39, 0.29) is 0 Å². The summed E-state index contributed by atoms with van der Waals surface area (Å²) in [5.41, 5.74) is 1.17. The van der Waals surface area contributed by atoms with E-state index in [4.69, 9.17) is 12.2 Å². The van der Waals surface area contributed by atoms with Crippen molar-refractivity contribution in [3.8, 4) is 0 Å². The fourth-order valence-electron chi connectivity index (χ4n) is 1.91. The van der Waals surface area contributed by atoms with Gasteiger partial charge in [-0.3, -0.25) is 0 Å². The van der Waals surface area contributed by atoms with Crippen molar-refractivity contribution in [2.24, 2.45) is 5.92 Å². The lowest BCUT2D eigenvalue weighted by atomic mass is 10.0. The standard InChI is InChI=1S/C10H16N2S2/c1-8-6-12(10(13)11-8)7-9-2-4-14-5-3-9/h6,9H,2-5,7H2,1H3,(H,11,13). The quantitative estimate of drug-likeness (QED) is 0.786. The first-order chi connectivity index (χ1) is 6.75. The second-order valence-corrected chi connectivity index (χ2v) is 5.56. The molecule has 2 heterocycles. The second kappa shape index (κ2) is 4.53. The Morgan fingerprint density at radius 1 is 1.57 bits per heavy atom. The Morgan fingerprint density at radius 3 is 2.86 bits per heavy atom. The summed E-state index contributed by atoms with van der Waals surface area (Å²) in [5, 5.41) is 0. The number of hydrogen-bond donors (Lipinski definition) is 1. The average Bonchev–Trinajstić information content (AvgIpc) is 2.47. The van der Waals surface area contributed by atoms with Crippen molar-refractivity contribution < 1.29 is 0 Å². The van der Waals surface area contributed by atoms with Gasteiger partial charge in [0.15, 0.2) is 4.77 Å². The van der Waals surface area contributed by atoms with Crippen LogP contribution in [-0.2, 0) is 6.54 Å². The highest BCUT2D eigenvalue weighted by atomic mass is 32.2. The van der Waals surface area contributed by atoms with Gasteiger partial charge in [0.2, 0.25) is 0 Å². The molecule has 0 amide bonds. The van der Waals surface area contributed by atoms with Crippen LogP contribution in [0.3, 0.4) is 0 Å². The lowest BCUT2D eigenvalue weighted by Gasteiger charge is -2.21. The summed E-state index contributed by atoms with van der Waals surface area (Å²) >= 11 is 7.32. The number of imidazole rings is 1. The van der Waals surface area contributed by atoms with E-state index < -0.39 is 0 Å². The van der Waals surface area contributed by atoms with E-state index in [0.717, 1.165) is 17.2 Å². The van der Waals surface area contributed by atoms with Gasteiger partial charge in [-0.15, -0.1) is 0 Å². The minimum absolute atomic E-state index is 0.832. The molecule has 14 heavy (non-hydrogen) atoms. The third kappa shape index (κ3) is 2.42. The molecule has 78 valence electrons. The van der Waals surface area contributed by atoms with Gasteiger partial charge < -0.3 is 9.55 Å². The van der Waals surface area contributed by atoms with Gasteiger partial charge in [0.1, 0.15) is 0 Å². The van der Waals surface area contributed by atoms with E-state index >= 15 is 0 Å². The summed E-state index contributed by atoms with van der Waals surface area (Å²) in [6.45, 7) is 3.16. The van der Waals surface area contributed by atoms with Crippen molar-refractivity contribution in [1.82, 2.24) is 9.55 Å². The van der Waals surface area contributed by atoms with Gasteiger partial charge in [-0.25, -0.2) is 0 Å². The molecule has 2 nitrogen and oxygen atoms in total. The lowest BCUT2D eigenvalue weighted by molar-refractivity contribution is 0.414. The molecule has 1 N–H and O–H groups in total. The minimum Gasteiger partial charge on any atom is -0.335 e. The topological polar surface area (TPSA) is 20.7 Å². The van der Waals surface area contributed by atoms with Gasteiger partial charge in [0.05, 0.1) is 0 Å². The smallest absolute Gasteiger partial charge is 0.177 e. The molecule has 0 spiro atoms. The van der Waals surface area contributed by atoms with Crippen LogP contribution < -0.4 is 0 Å². The fourth-order valence-corrected chi connectivity index (χ4v) is 3.40. The third-order valence-electron chi connectivity index (χ3n) is 2.71. The van der Waals surface area contributed by atoms with Crippen molar-refractivity contribution in [3.05, 3.63) is 16.7 Å². The number of H-pyrrole nitrogens is 1. The molecule has 1 aromatic heterocycles. The average molecular weight is 228 g/mol.